The van der Waals surface area contributed by atoms with E-state index in [1.165, 1.54) is 34.6 Å². The number of hydrogen-bond acceptors (Lipinski definition) is 5. The fraction of sp³-hybridized carbons (Fsp3) is 0.364. The molecule has 1 aliphatic rings. The molecule has 0 spiro atoms. The first kappa shape index (κ1) is 25.5. The molecule has 3 rings (SSSR count). The Hall–Kier alpha value is -3.12. The minimum atomic E-state index is -4.54. The Morgan fingerprint density at radius 3 is 2.21 bits per heavy atom. The van der Waals surface area contributed by atoms with Crippen LogP contribution in [0.3, 0.4) is 0 Å². The van der Waals surface area contributed by atoms with Crippen LogP contribution in [0, 0.1) is 0 Å². The van der Waals surface area contributed by atoms with Crippen LogP contribution < -0.4 is 15.6 Å². The molecule has 0 aromatic heterocycles. The largest absolute Gasteiger partial charge is 0.484 e. The molecule has 0 saturated carbocycles. The van der Waals surface area contributed by atoms with Gasteiger partial charge in [0.25, 0.3) is 11.8 Å². The van der Waals surface area contributed by atoms with Gasteiger partial charge in [0, 0.05) is 18.7 Å². The number of carbonyl (C=O) groups excluding carboxylic acids is 2. The van der Waals surface area contributed by atoms with E-state index in [4.69, 9.17) is 4.74 Å². The molecule has 2 aromatic carbocycles. The topological polar surface area (TPSA) is 105 Å². The Morgan fingerprint density at radius 2 is 1.59 bits per heavy atom. The van der Waals surface area contributed by atoms with Crippen LogP contribution in [-0.4, -0.2) is 44.2 Å². The van der Waals surface area contributed by atoms with Gasteiger partial charge in [0.05, 0.1) is 10.5 Å². The molecule has 34 heavy (non-hydrogen) atoms. The van der Waals surface area contributed by atoms with Gasteiger partial charge in [-0.15, -0.1) is 0 Å². The first-order valence-electron chi connectivity index (χ1n) is 10.6. The molecule has 1 fully saturated rings. The molecule has 1 heterocycles. The fourth-order valence-corrected chi connectivity index (χ4v) is 4.87. The van der Waals surface area contributed by atoms with E-state index in [9.17, 15) is 31.2 Å². The highest BCUT2D eigenvalue weighted by Gasteiger charge is 2.30. The number of carbonyl (C=O) groups is 2. The Balaban J connectivity index is 1.51. The maximum Gasteiger partial charge on any atom is 0.416 e. The average Bonchev–Trinajstić information content (AvgIpc) is 3.11. The van der Waals surface area contributed by atoms with Gasteiger partial charge in [-0.1, -0.05) is 18.9 Å². The lowest BCUT2D eigenvalue weighted by atomic mass is 10.2. The molecule has 0 bridgehead atoms. The molecule has 2 amide bonds. The van der Waals surface area contributed by atoms with E-state index >= 15 is 0 Å². The van der Waals surface area contributed by atoms with Crippen LogP contribution in [0.1, 0.15) is 41.6 Å². The van der Waals surface area contributed by atoms with E-state index in [0.29, 0.717) is 13.1 Å². The maximum absolute atomic E-state index is 12.8. The number of alkyl halides is 3. The number of halogens is 3. The van der Waals surface area contributed by atoms with Crippen molar-refractivity contribution in [3.63, 3.8) is 0 Å². The Labute approximate surface area is 195 Å². The molecule has 0 radical (unpaired) electrons. The summed E-state index contributed by atoms with van der Waals surface area (Å²) in [6.45, 7) is 0.285. The highest BCUT2D eigenvalue weighted by atomic mass is 32.2. The van der Waals surface area contributed by atoms with Crippen molar-refractivity contribution in [2.45, 2.75) is 36.8 Å². The number of amides is 2. The lowest BCUT2D eigenvalue weighted by molar-refractivity contribution is -0.137. The summed E-state index contributed by atoms with van der Waals surface area (Å²) in [6, 6.07) is 9.35. The van der Waals surface area contributed by atoms with Crippen LogP contribution in [0.2, 0.25) is 0 Å². The molecular weight excluding hydrogens is 475 g/mol. The number of hydrogen-bond donors (Lipinski definition) is 2. The number of nitrogens with zero attached hydrogens (tertiary/aromatic N) is 1. The molecule has 2 aromatic rings. The van der Waals surface area contributed by atoms with Crippen LogP contribution in [0.15, 0.2) is 53.4 Å². The first-order chi connectivity index (χ1) is 16.1. The third-order valence-corrected chi connectivity index (χ3v) is 7.08. The molecule has 1 saturated heterocycles. The third kappa shape index (κ3) is 6.70. The summed E-state index contributed by atoms with van der Waals surface area (Å²) < 4.78 is 70.2. The minimum absolute atomic E-state index is 0.0736. The van der Waals surface area contributed by atoms with Crippen molar-refractivity contribution in [2.24, 2.45) is 0 Å². The minimum Gasteiger partial charge on any atom is -0.484 e. The van der Waals surface area contributed by atoms with Crippen molar-refractivity contribution < 1.29 is 35.9 Å². The summed E-state index contributed by atoms with van der Waals surface area (Å²) in [5, 5.41) is 0. The molecule has 0 unspecified atom stereocenters. The average molecular weight is 500 g/mol. The fourth-order valence-electron chi connectivity index (χ4n) is 3.36. The number of hydrazine groups is 1. The van der Waals surface area contributed by atoms with E-state index < -0.39 is 40.2 Å². The van der Waals surface area contributed by atoms with E-state index in [1.54, 1.807) is 0 Å². The zero-order valence-electron chi connectivity index (χ0n) is 18.1. The van der Waals surface area contributed by atoms with E-state index in [0.717, 1.165) is 43.9 Å². The predicted molar refractivity (Wildman–Crippen MR) is 116 cm³/mol. The number of ether oxygens (including phenoxy) is 1. The highest BCUT2D eigenvalue weighted by molar-refractivity contribution is 7.89. The molecular formula is C22H24F3N3O5S. The van der Waals surface area contributed by atoms with Crippen LogP contribution >= 0.6 is 0 Å². The van der Waals surface area contributed by atoms with Gasteiger partial charge in [-0.3, -0.25) is 20.4 Å². The monoisotopic (exact) mass is 499 g/mol. The number of benzene rings is 2. The molecule has 2 N–H and O–H groups in total. The highest BCUT2D eigenvalue weighted by Crippen LogP contribution is 2.31. The van der Waals surface area contributed by atoms with Crippen molar-refractivity contribution in [3.05, 3.63) is 59.7 Å². The van der Waals surface area contributed by atoms with E-state index in [1.807, 2.05) is 0 Å². The second-order valence-electron chi connectivity index (χ2n) is 7.66. The molecule has 12 heteroatoms. The quantitative estimate of drug-likeness (QED) is 0.595. The molecule has 1 aliphatic heterocycles. The smallest absolute Gasteiger partial charge is 0.416 e. The third-order valence-electron chi connectivity index (χ3n) is 5.17. The number of sulfonamides is 1. The first-order valence-corrected chi connectivity index (χ1v) is 12.0. The van der Waals surface area contributed by atoms with Gasteiger partial charge in [-0.2, -0.15) is 17.5 Å². The van der Waals surface area contributed by atoms with Gasteiger partial charge < -0.3 is 4.74 Å². The predicted octanol–water partition coefficient (Wildman–Crippen LogP) is 3.11. The summed E-state index contributed by atoms with van der Waals surface area (Å²) in [6.07, 6.45) is -0.963. The van der Waals surface area contributed by atoms with Crippen LogP contribution in [0.25, 0.3) is 0 Å². The second-order valence-corrected chi connectivity index (χ2v) is 9.60. The van der Waals surface area contributed by atoms with Crippen LogP contribution in [0.5, 0.6) is 5.75 Å². The molecule has 0 aliphatic carbocycles. The van der Waals surface area contributed by atoms with Crippen molar-refractivity contribution in [2.75, 3.05) is 19.7 Å². The Bertz CT molecular complexity index is 1110. The SMILES string of the molecule is O=C(COc1cccc(C(F)(F)F)c1)NNC(=O)c1ccc(S(=O)(=O)N2CCCCCC2)cc1. The summed E-state index contributed by atoms with van der Waals surface area (Å²) in [5.74, 6) is -1.66. The lowest BCUT2D eigenvalue weighted by Gasteiger charge is -2.20. The number of rotatable bonds is 6. The standard InChI is InChI=1S/C22H24F3N3O5S/c23-22(24,25)17-6-5-7-18(14-17)33-15-20(29)26-27-21(30)16-8-10-19(11-9-16)34(31,32)28-12-3-1-2-4-13-28/h5-11,14H,1-4,12-13,15H2,(H,26,29)(H,27,30). The summed E-state index contributed by atoms with van der Waals surface area (Å²) >= 11 is 0. The van der Waals surface area contributed by atoms with Gasteiger partial charge in [-0.05, 0) is 55.3 Å². The zero-order valence-corrected chi connectivity index (χ0v) is 18.9. The van der Waals surface area contributed by atoms with Crippen molar-refractivity contribution in [3.8, 4) is 5.75 Å². The van der Waals surface area contributed by atoms with E-state index in [-0.39, 0.29) is 16.2 Å². The van der Waals surface area contributed by atoms with Gasteiger partial charge in [0.1, 0.15) is 5.75 Å². The summed E-state index contributed by atoms with van der Waals surface area (Å²) in [7, 11) is -3.65. The second kappa shape index (κ2) is 10.9. The normalized spacial score (nSPS) is 15.3. The van der Waals surface area contributed by atoms with Crippen molar-refractivity contribution in [1.82, 2.24) is 15.2 Å². The summed E-state index contributed by atoms with van der Waals surface area (Å²) in [4.78, 5) is 24.2. The van der Waals surface area contributed by atoms with Crippen LogP contribution in [-0.2, 0) is 21.0 Å². The maximum atomic E-state index is 12.8. The van der Waals surface area contributed by atoms with E-state index in [2.05, 4.69) is 10.9 Å². The van der Waals surface area contributed by atoms with Gasteiger partial charge in [0.2, 0.25) is 10.0 Å². The van der Waals surface area contributed by atoms with Gasteiger partial charge in [-0.25, -0.2) is 8.42 Å². The Morgan fingerprint density at radius 1 is 0.941 bits per heavy atom. The molecule has 8 nitrogen and oxygen atoms in total. The Kier molecular flexibility index (Phi) is 8.15. The van der Waals surface area contributed by atoms with Crippen molar-refractivity contribution in [1.29, 1.82) is 0 Å². The van der Waals surface area contributed by atoms with Gasteiger partial charge >= 0.3 is 6.18 Å². The lowest BCUT2D eigenvalue weighted by Crippen LogP contribution is -2.43. The molecule has 184 valence electrons. The molecule has 0 atom stereocenters. The number of nitrogens with one attached hydrogen (secondary N) is 2. The van der Waals surface area contributed by atoms with Crippen LogP contribution in [0.4, 0.5) is 13.2 Å². The summed E-state index contributed by atoms with van der Waals surface area (Å²) in [5.41, 5.74) is 3.42. The van der Waals surface area contributed by atoms with Gasteiger partial charge in [0.15, 0.2) is 6.61 Å². The van der Waals surface area contributed by atoms with Crippen molar-refractivity contribution >= 4 is 21.8 Å². The zero-order chi connectivity index (χ0) is 24.8.